The van der Waals surface area contributed by atoms with E-state index in [0.29, 0.717) is 6.10 Å². The molecule has 0 N–H and O–H groups in total. The Morgan fingerprint density at radius 2 is 2.00 bits per heavy atom. The predicted octanol–water partition coefficient (Wildman–Crippen LogP) is 3.78. The van der Waals surface area contributed by atoms with Gasteiger partial charge in [-0.3, -0.25) is 4.98 Å². The van der Waals surface area contributed by atoms with Crippen molar-refractivity contribution in [1.82, 2.24) is 4.98 Å². The topological polar surface area (TPSA) is 22.1 Å². The van der Waals surface area contributed by atoms with Crippen molar-refractivity contribution in [2.24, 2.45) is 11.8 Å². The van der Waals surface area contributed by atoms with Gasteiger partial charge >= 0.3 is 0 Å². The second kappa shape index (κ2) is 5.52. The van der Waals surface area contributed by atoms with Gasteiger partial charge in [0, 0.05) is 11.8 Å². The van der Waals surface area contributed by atoms with E-state index in [2.05, 4.69) is 24.9 Å². The Hall–Kier alpha value is -1.05. The fraction of sp³-hybridized carbons (Fsp3) is 0.667. The molecule has 93 valence electrons. The minimum atomic E-state index is 0.378. The Kier molecular flexibility index (Phi) is 4.03. The normalized spacial score (nSPS) is 24.9. The second-order valence-corrected chi connectivity index (χ2v) is 5.43. The number of rotatable bonds is 3. The summed E-state index contributed by atoms with van der Waals surface area (Å²) in [4.78, 5) is 4.21. The SMILES string of the molecule is Cc1[c]cc(OC2CCC(C(C)C)CC2)cn1. The summed E-state index contributed by atoms with van der Waals surface area (Å²) >= 11 is 0. The number of hydrogen-bond donors (Lipinski definition) is 0. The molecule has 2 heteroatoms. The average Bonchev–Trinajstić information content (AvgIpc) is 2.33. The van der Waals surface area contributed by atoms with Crippen LogP contribution in [0.25, 0.3) is 0 Å². The standard InChI is InChI=1S/C15H22NO/c1-11(2)13-5-8-14(9-6-13)17-15-7-4-12(3)16-10-15/h7,10-11,13-14H,5-6,8-9H2,1-3H3. The van der Waals surface area contributed by atoms with Crippen LogP contribution < -0.4 is 4.74 Å². The van der Waals surface area contributed by atoms with Gasteiger partial charge in [0.25, 0.3) is 0 Å². The van der Waals surface area contributed by atoms with E-state index < -0.39 is 0 Å². The van der Waals surface area contributed by atoms with E-state index in [9.17, 15) is 0 Å². The molecule has 17 heavy (non-hydrogen) atoms. The van der Waals surface area contributed by atoms with Gasteiger partial charge in [0.05, 0.1) is 12.3 Å². The van der Waals surface area contributed by atoms with Crippen LogP contribution in [0.3, 0.4) is 0 Å². The molecule has 1 aliphatic carbocycles. The number of aryl methyl sites for hydroxylation is 1. The van der Waals surface area contributed by atoms with Crippen LogP contribution in [0.15, 0.2) is 12.3 Å². The molecule has 0 atom stereocenters. The van der Waals surface area contributed by atoms with Crippen LogP contribution in [-0.4, -0.2) is 11.1 Å². The van der Waals surface area contributed by atoms with Crippen molar-refractivity contribution < 1.29 is 4.74 Å². The molecule has 1 aromatic heterocycles. The van der Waals surface area contributed by atoms with Gasteiger partial charge in [0.15, 0.2) is 0 Å². The van der Waals surface area contributed by atoms with Crippen molar-refractivity contribution in [2.45, 2.75) is 52.6 Å². The molecular formula is C15H22NO. The molecule has 1 saturated carbocycles. The molecule has 1 radical (unpaired) electrons. The zero-order chi connectivity index (χ0) is 12.3. The summed E-state index contributed by atoms with van der Waals surface area (Å²) in [5, 5.41) is 0. The molecule has 0 saturated heterocycles. The summed E-state index contributed by atoms with van der Waals surface area (Å²) in [5.41, 5.74) is 0.917. The van der Waals surface area contributed by atoms with Gasteiger partial charge in [-0.05, 0) is 50.5 Å². The number of ether oxygens (including phenoxy) is 1. The maximum atomic E-state index is 5.94. The summed E-state index contributed by atoms with van der Waals surface area (Å²) in [6.45, 7) is 6.59. The molecule has 0 aliphatic heterocycles. The lowest BCUT2D eigenvalue weighted by Gasteiger charge is -2.31. The highest BCUT2D eigenvalue weighted by atomic mass is 16.5. The zero-order valence-electron chi connectivity index (χ0n) is 11.1. The number of hydrogen-bond acceptors (Lipinski definition) is 2. The van der Waals surface area contributed by atoms with E-state index >= 15 is 0 Å². The van der Waals surface area contributed by atoms with E-state index in [1.54, 1.807) is 6.20 Å². The van der Waals surface area contributed by atoms with Crippen molar-refractivity contribution in [3.05, 3.63) is 24.0 Å². The van der Waals surface area contributed by atoms with E-state index in [1.807, 2.05) is 13.0 Å². The summed E-state index contributed by atoms with van der Waals surface area (Å²) in [7, 11) is 0. The molecule has 0 bridgehead atoms. The van der Waals surface area contributed by atoms with Gasteiger partial charge in [-0.15, -0.1) is 0 Å². The highest BCUT2D eigenvalue weighted by molar-refractivity contribution is 5.18. The molecule has 0 unspecified atom stereocenters. The van der Waals surface area contributed by atoms with Crippen LogP contribution in [0.2, 0.25) is 0 Å². The first-order valence-corrected chi connectivity index (χ1v) is 6.66. The smallest absolute Gasteiger partial charge is 0.138 e. The van der Waals surface area contributed by atoms with Crippen molar-refractivity contribution in [2.75, 3.05) is 0 Å². The van der Waals surface area contributed by atoms with Gasteiger partial charge in [-0.2, -0.15) is 0 Å². The highest BCUT2D eigenvalue weighted by Gasteiger charge is 2.24. The summed E-state index contributed by atoms with van der Waals surface area (Å²) in [5.74, 6) is 2.56. The van der Waals surface area contributed by atoms with Crippen LogP contribution >= 0.6 is 0 Å². The molecule has 2 nitrogen and oxygen atoms in total. The van der Waals surface area contributed by atoms with Gasteiger partial charge < -0.3 is 4.74 Å². The fourth-order valence-electron chi connectivity index (χ4n) is 2.54. The molecule has 1 aromatic rings. The molecule has 0 spiro atoms. The van der Waals surface area contributed by atoms with Crippen molar-refractivity contribution >= 4 is 0 Å². The first-order chi connectivity index (χ1) is 8.15. The number of nitrogens with zero attached hydrogens (tertiary/aromatic N) is 1. The first-order valence-electron chi connectivity index (χ1n) is 6.66. The molecule has 0 amide bonds. The highest BCUT2D eigenvalue weighted by Crippen LogP contribution is 2.31. The molecular weight excluding hydrogens is 210 g/mol. The van der Waals surface area contributed by atoms with E-state index in [4.69, 9.17) is 4.74 Å². The van der Waals surface area contributed by atoms with Gasteiger partial charge in [-0.25, -0.2) is 0 Å². The van der Waals surface area contributed by atoms with E-state index in [-0.39, 0.29) is 0 Å². The van der Waals surface area contributed by atoms with Gasteiger partial charge in [-0.1, -0.05) is 13.8 Å². The lowest BCUT2D eigenvalue weighted by molar-refractivity contribution is 0.116. The Labute approximate surface area is 104 Å². The van der Waals surface area contributed by atoms with Crippen LogP contribution in [0.4, 0.5) is 0 Å². The van der Waals surface area contributed by atoms with Crippen LogP contribution in [0.1, 0.15) is 45.2 Å². The fourth-order valence-corrected chi connectivity index (χ4v) is 2.54. The molecule has 1 aliphatic rings. The van der Waals surface area contributed by atoms with Crippen molar-refractivity contribution in [1.29, 1.82) is 0 Å². The molecule has 1 heterocycles. The maximum Gasteiger partial charge on any atom is 0.138 e. The Morgan fingerprint density at radius 1 is 1.29 bits per heavy atom. The van der Waals surface area contributed by atoms with E-state index in [0.717, 1.165) is 23.3 Å². The zero-order valence-corrected chi connectivity index (χ0v) is 11.1. The lowest BCUT2D eigenvalue weighted by atomic mass is 9.80. The monoisotopic (exact) mass is 232 g/mol. The second-order valence-electron chi connectivity index (χ2n) is 5.43. The maximum absolute atomic E-state index is 5.94. The van der Waals surface area contributed by atoms with Crippen LogP contribution in [-0.2, 0) is 0 Å². The van der Waals surface area contributed by atoms with Crippen LogP contribution in [0, 0.1) is 24.8 Å². The number of aromatic nitrogens is 1. The minimum Gasteiger partial charge on any atom is -0.489 e. The Bertz CT molecular complexity index is 336. The van der Waals surface area contributed by atoms with Gasteiger partial charge in [0.2, 0.25) is 0 Å². The third-order valence-corrected chi connectivity index (χ3v) is 3.77. The summed E-state index contributed by atoms with van der Waals surface area (Å²) in [6, 6.07) is 4.98. The van der Waals surface area contributed by atoms with Crippen molar-refractivity contribution in [3.63, 3.8) is 0 Å². The molecule has 2 rings (SSSR count). The molecule has 1 fully saturated rings. The van der Waals surface area contributed by atoms with Gasteiger partial charge in [0.1, 0.15) is 5.75 Å². The Morgan fingerprint density at radius 3 is 2.53 bits per heavy atom. The summed E-state index contributed by atoms with van der Waals surface area (Å²) < 4.78 is 5.94. The third-order valence-electron chi connectivity index (χ3n) is 3.77. The van der Waals surface area contributed by atoms with Crippen LogP contribution in [0.5, 0.6) is 5.75 Å². The average molecular weight is 232 g/mol. The number of pyridine rings is 1. The Balaban J connectivity index is 1.84. The minimum absolute atomic E-state index is 0.378. The predicted molar refractivity (Wildman–Crippen MR) is 69.0 cm³/mol. The third kappa shape index (κ3) is 3.45. The first kappa shape index (κ1) is 12.4. The largest absolute Gasteiger partial charge is 0.489 e. The molecule has 0 aromatic carbocycles. The summed E-state index contributed by atoms with van der Waals surface area (Å²) in [6.07, 6.45) is 7.13. The quantitative estimate of drug-likeness (QED) is 0.791. The lowest BCUT2D eigenvalue weighted by Crippen LogP contribution is -2.26. The van der Waals surface area contributed by atoms with E-state index in [1.165, 1.54) is 25.7 Å². The van der Waals surface area contributed by atoms with Crippen molar-refractivity contribution in [3.8, 4) is 5.75 Å².